The van der Waals surface area contributed by atoms with Gasteiger partial charge in [0.1, 0.15) is 12.6 Å². The minimum absolute atomic E-state index is 0.0471. The van der Waals surface area contributed by atoms with Crippen LogP contribution >= 0.6 is 46.4 Å². The molecule has 0 aliphatic carbocycles. The molecule has 0 fully saturated rings. The lowest BCUT2D eigenvalue weighted by atomic mass is 10.0. The number of likely N-dealkylation sites (N-methyl/N-ethyl adjacent to an activating group) is 1. The minimum atomic E-state index is -4.30. The average Bonchev–Trinajstić information content (AvgIpc) is 2.99. The normalized spacial score (nSPS) is 11.9. The van der Waals surface area contributed by atoms with Gasteiger partial charge in [-0.15, -0.1) is 0 Å². The van der Waals surface area contributed by atoms with E-state index in [1.54, 1.807) is 43.3 Å². The van der Waals surface area contributed by atoms with Gasteiger partial charge in [0.05, 0.1) is 10.6 Å². The summed E-state index contributed by atoms with van der Waals surface area (Å²) >= 11 is 25.6. The van der Waals surface area contributed by atoms with Crippen LogP contribution in [0.4, 0.5) is 5.69 Å². The molecule has 0 unspecified atom stereocenters. The molecule has 4 rings (SSSR count). The first-order chi connectivity index (χ1) is 21.0. The van der Waals surface area contributed by atoms with Gasteiger partial charge in [-0.25, -0.2) is 8.42 Å². The molecule has 230 valence electrons. The molecule has 0 saturated heterocycles. The standard InChI is InChI=1S/C32H29Cl4N3O4S/c1-2-37-32(41)30(16-22-10-5-3-6-11-22)38(20-27-28(35)14-9-15-29(27)36)31(40)21-39(25-18-23(33)17-24(34)19-25)44(42,43)26-12-7-4-8-13-26/h3-15,17-19,30H,2,16,20-21H2,1H3,(H,37,41)/t30-/m1/s1. The zero-order valence-corrected chi connectivity index (χ0v) is 27.4. The Morgan fingerprint density at radius 2 is 1.36 bits per heavy atom. The van der Waals surface area contributed by atoms with Crippen molar-refractivity contribution < 1.29 is 18.0 Å². The van der Waals surface area contributed by atoms with E-state index < -0.39 is 34.4 Å². The maximum absolute atomic E-state index is 14.4. The highest BCUT2D eigenvalue weighted by atomic mass is 35.5. The van der Waals surface area contributed by atoms with Gasteiger partial charge in [-0.1, -0.05) is 101 Å². The molecule has 0 saturated carbocycles. The van der Waals surface area contributed by atoms with Gasteiger partial charge >= 0.3 is 0 Å². The van der Waals surface area contributed by atoms with Gasteiger partial charge in [0, 0.05) is 45.2 Å². The molecule has 0 spiro atoms. The molecule has 1 N–H and O–H groups in total. The van der Waals surface area contributed by atoms with Crippen molar-refractivity contribution in [3.05, 3.63) is 128 Å². The second kappa shape index (κ2) is 15.1. The number of amides is 2. The van der Waals surface area contributed by atoms with Crippen LogP contribution in [0.25, 0.3) is 0 Å². The summed E-state index contributed by atoms with van der Waals surface area (Å²) in [5.74, 6) is -1.10. The second-order valence-corrected chi connectivity index (χ2v) is 13.3. The van der Waals surface area contributed by atoms with E-state index in [-0.39, 0.29) is 33.6 Å². The second-order valence-electron chi connectivity index (χ2n) is 9.77. The summed E-state index contributed by atoms with van der Waals surface area (Å²) in [5, 5.41) is 3.75. The minimum Gasteiger partial charge on any atom is -0.355 e. The van der Waals surface area contributed by atoms with Crippen LogP contribution in [0.3, 0.4) is 0 Å². The molecular weight excluding hydrogens is 664 g/mol. The summed E-state index contributed by atoms with van der Waals surface area (Å²) in [4.78, 5) is 29.3. The number of anilines is 1. The largest absolute Gasteiger partial charge is 0.355 e. The van der Waals surface area contributed by atoms with E-state index in [9.17, 15) is 18.0 Å². The van der Waals surface area contributed by atoms with Crippen molar-refractivity contribution in [2.45, 2.75) is 30.8 Å². The van der Waals surface area contributed by atoms with Gasteiger partial charge in [0.2, 0.25) is 11.8 Å². The number of benzene rings is 4. The van der Waals surface area contributed by atoms with Crippen molar-refractivity contribution in [2.75, 3.05) is 17.4 Å². The molecule has 12 heteroatoms. The third-order valence-corrected chi connectivity index (χ3v) is 9.69. The quantitative estimate of drug-likeness (QED) is 0.169. The maximum Gasteiger partial charge on any atom is 0.264 e. The van der Waals surface area contributed by atoms with E-state index in [1.165, 1.54) is 35.2 Å². The van der Waals surface area contributed by atoms with Crippen LogP contribution in [-0.4, -0.2) is 44.3 Å². The fourth-order valence-corrected chi connectivity index (χ4v) is 7.08. The van der Waals surface area contributed by atoms with Crippen molar-refractivity contribution in [1.82, 2.24) is 10.2 Å². The molecule has 2 amide bonds. The van der Waals surface area contributed by atoms with E-state index in [0.717, 1.165) is 9.87 Å². The fourth-order valence-electron chi connectivity index (χ4n) is 4.63. The lowest BCUT2D eigenvalue weighted by molar-refractivity contribution is -0.140. The third-order valence-electron chi connectivity index (χ3n) is 6.76. The summed E-state index contributed by atoms with van der Waals surface area (Å²) in [6, 6.07) is 25.0. The molecule has 4 aromatic rings. The Hall–Kier alpha value is -3.27. The first-order valence-electron chi connectivity index (χ1n) is 13.6. The molecule has 1 atom stereocenters. The number of hydrogen-bond donors (Lipinski definition) is 1. The predicted octanol–water partition coefficient (Wildman–Crippen LogP) is 7.27. The fraction of sp³-hybridized carbons (Fsp3) is 0.188. The smallest absolute Gasteiger partial charge is 0.264 e. The van der Waals surface area contributed by atoms with E-state index in [1.807, 2.05) is 30.3 Å². The van der Waals surface area contributed by atoms with Gasteiger partial charge in [0.15, 0.2) is 0 Å². The predicted molar refractivity (Wildman–Crippen MR) is 177 cm³/mol. The van der Waals surface area contributed by atoms with E-state index in [4.69, 9.17) is 46.4 Å². The van der Waals surface area contributed by atoms with Crippen LogP contribution in [0.2, 0.25) is 20.1 Å². The van der Waals surface area contributed by atoms with E-state index in [2.05, 4.69) is 5.32 Å². The molecule has 0 aromatic heterocycles. The number of halogens is 4. The highest BCUT2D eigenvalue weighted by Gasteiger charge is 2.35. The molecule has 0 heterocycles. The van der Waals surface area contributed by atoms with Crippen LogP contribution in [-0.2, 0) is 32.6 Å². The van der Waals surface area contributed by atoms with E-state index in [0.29, 0.717) is 22.2 Å². The highest BCUT2D eigenvalue weighted by molar-refractivity contribution is 7.92. The van der Waals surface area contributed by atoms with Gasteiger partial charge in [-0.05, 0) is 55.0 Å². The van der Waals surface area contributed by atoms with Crippen molar-refractivity contribution in [3.63, 3.8) is 0 Å². The number of nitrogens with zero attached hydrogens (tertiary/aromatic N) is 2. The Morgan fingerprint density at radius 3 is 1.93 bits per heavy atom. The number of nitrogens with one attached hydrogen (secondary N) is 1. The third kappa shape index (κ3) is 8.25. The number of rotatable bonds is 12. The van der Waals surface area contributed by atoms with Crippen LogP contribution < -0.4 is 9.62 Å². The Morgan fingerprint density at radius 1 is 0.795 bits per heavy atom. The Bertz CT molecular complexity index is 1680. The van der Waals surface area contributed by atoms with Gasteiger partial charge < -0.3 is 10.2 Å². The molecule has 44 heavy (non-hydrogen) atoms. The van der Waals surface area contributed by atoms with Crippen molar-refractivity contribution in [2.24, 2.45) is 0 Å². The monoisotopic (exact) mass is 691 g/mol. The van der Waals surface area contributed by atoms with Crippen LogP contribution in [0, 0.1) is 0 Å². The summed E-state index contributed by atoms with van der Waals surface area (Å²) in [6.45, 7) is 1.24. The summed E-state index contributed by atoms with van der Waals surface area (Å²) in [7, 11) is -4.30. The lowest BCUT2D eigenvalue weighted by Crippen LogP contribution is -2.53. The summed E-state index contributed by atoms with van der Waals surface area (Å²) in [5.41, 5.74) is 1.28. The van der Waals surface area contributed by atoms with Crippen molar-refractivity contribution >= 4 is 73.9 Å². The van der Waals surface area contributed by atoms with Crippen molar-refractivity contribution in [1.29, 1.82) is 0 Å². The lowest BCUT2D eigenvalue weighted by Gasteiger charge is -2.34. The van der Waals surface area contributed by atoms with E-state index >= 15 is 0 Å². The zero-order valence-electron chi connectivity index (χ0n) is 23.6. The topological polar surface area (TPSA) is 86.8 Å². The van der Waals surface area contributed by atoms with Crippen LogP contribution in [0.15, 0.2) is 102 Å². The molecule has 0 bridgehead atoms. The highest BCUT2D eigenvalue weighted by Crippen LogP contribution is 2.31. The van der Waals surface area contributed by atoms with Gasteiger partial charge in [0.25, 0.3) is 10.0 Å². The molecular formula is C32H29Cl4N3O4S. The SMILES string of the molecule is CCNC(=O)[C@@H](Cc1ccccc1)N(Cc1c(Cl)cccc1Cl)C(=O)CN(c1cc(Cl)cc(Cl)c1)S(=O)(=O)c1ccccc1. The molecule has 7 nitrogen and oxygen atoms in total. The average molecular weight is 693 g/mol. The maximum atomic E-state index is 14.4. The van der Waals surface area contributed by atoms with Gasteiger partial charge in [-0.2, -0.15) is 0 Å². The zero-order chi connectivity index (χ0) is 31.9. The first kappa shape index (κ1) is 33.6. The number of carbonyl (C=O) groups excluding carboxylic acids is 2. The summed E-state index contributed by atoms with van der Waals surface area (Å²) in [6.07, 6.45) is 0.148. The van der Waals surface area contributed by atoms with Crippen LogP contribution in [0.5, 0.6) is 0 Å². The summed E-state index contributed by atoms with van der Waals surface area (Å²) < 4.78 is 29.0. The van der Waals surface area contributed by atoms with Gasteiger partial charge in [-0.3, -0.25) is 13.9 Å². The molecule has 0 aliphatic rings. The number of sulfonamides is 1. The number of hydrogen-bond acceptors (Lipinski definition) is 4. The number of carbonyl (C=O) groups is 2. The van der Waals surface area contributed by atoms with Crippen molar-refractivity contribution in [3.8, 4) is 0 Å². The molecule has 0 radical (unpaired) electrons. The van der Waals surface area contributed by atoms with Crippen LogP contribution in [0.1, 0.15) is 18.1 Å². The molecule has 4 aromatic carbocycles. The Balaban J connectivity index is 1.85. The first-order valence-corrected chi connectivity index (χ1v) is 16.5. The Kier molecular flexibility index (Phi) is 11.6. The Labute approximate surface area is 277 Å². The molecule has 0 aliphatic heterocycles.